The monoisotopic (exact) mass is 662 g/mol. The topological polar surface area (TPSA) is 193 Å². The molecule has 0 aliphatic heterocycles. The molecule has 0 heterocycles. The van der Waals surface area contributed by atoms with Gasteiger partial charge in [-0.05, 0) is 80.8 Å². The lowest BCUT2D eigenvalue weighted by atomic mass is 9.46. The van der Waals surface area contributed by atoms with Gasteiger partial charge in [-0.3, -0.25) is 28.8 Å². The second-order valence-corrected chi connectivity index (χ2v) is 14.8. The quantitative estimate of drug-likeness (QED) is 0.211. The molecule has 0 unspecified atom stereocenters. The lowest BCUT2D eigenvalue weighted by Crippen LogP contribution is -2.61. The third kappa shape index (κ3) is 6.81. The molecule has 0 bridgehead atoms. The fourth-order valence-electron chi connectivity index (χ4n) is 8.57. The van der Waals surface area contributed by atoms with E-state index in [0.29, 0.717) is 37.9 Å². The van der Waals surface area contributed by atoms with Crippen LogP contribution in [0.1, 0.15) is 85.0 Å². The fourth-order valence-corrected chi connectivity index (χ4v) is 9.04. The lowest BCUT2D eigenvalue weighted by molar-refractivity contribution is -0.173. The summed E-state index contributed by atoms with van der Waals surface area (Å²) in [5, 5.41) is 25.9. The number of thioether (sulfide) groups is 1. The first kappa shape index (κ1) is 35.8. The Balaban J connectivity index is 1.29. The Hall–Kier alpha value is -3.06. The fraction of sp³-hybridized carbons (Fsp3) is 0.727. The SMILES string of the molecule is CSCC[C@@H](NC(=O)[C@@H](C)NC(=O)CCC(=O)OCC(=O)[C@@]1(O)CC[C@H]2[C@H]3CCC4=CC(=O)CC[C@]4(C)[C@@H]3C(=O)C[C@@]21C)C(=O)O. The van der Waals surface area contributed by atoms with Crippen LogP contribution in [0.3, 0.4) is 0 Å². The minimum atomic E-state index is -1.85. The second kappa shape index (κ2) is 14.0. The molecule has 0 saturated heterocycles. The zero-order chi connectivity index (χ0) is 34.0. The van der Waals surface area contributed by atoms with Gasteiger partial charge in [0.25, 0.3) is 0 Å². The van der Waals surface area contributed by atoms with Crippen molar-refractivity contribution in [2.75, 3.05) is 18.6 Å². The summed E-state index contributed by atoms with van der Waals surface area (Å²) in [6.45, 7) is 4.57. The van der Waals surface area contributed by atoms with E-state index < -0.39 is 64.7 Å². The summed E-state index contributed by atoms with van der Waals surface area (Å²) in [5.74, 6) is -3.71. The van der Waals surface area contributed by atoms with Gasteiger partial charge in [0.05, 0.1) is 6.42 Å². The number of fused-ring (bicyclic) bond motifs is 5. The number of esters is 1. The summed E-state index contributed by atoms with van der Waals surface area (Å²) in [6.07, 6.45) is 6.26. The molecular formula is C33H46N2O10S. The Bertz CT molecular complexity index is 1330. The van der Waals surface area contributed by atoms with E-state index in [1.807, 2.05) is 6.26 Å². The van der Waals surface area contributed by atoms with Crippen molar-refractivity contribution in [2.45, 2.75) is 103 Å². The van der Waals surface area contributed by atoms with Crippen molar-refractivity contribution in [3.8, 4) is 0 Å². The summed E-state index contributed by atoms with van der Waals surface area (Å²) < 4.78 is 5.16. The van der Waals surface area contributed by atoms with Crippen LogP contribution in [0.5, 0.6) is 0 Å². The van der Waals surface area contributed by atoms with Crippen LogP contribution in [0.2, 0.25) is 0 Å². The predicted octanol–water partition coefficient (Wildman–Crippen LogP) is 2.15. The van der Waals surface area contributed by atoms with Crippen LogP contribution in [0, 0.1) is 28.6 Å². The molecule has 46 heavy (non-hydrogen) atoms. The summed E-state index contributed by atoms with van der Waals surface area (Å²) >= 11 is 1.44. The summed E-state index contributed by atoms with van der Waals surface area (Å²) in [7, 11) is 0. The van der Waals surface area contributed by atoms with E-state index in [-0.39, 0.29) is 61.4 Å². The average Bonchev–Trinajstić information content (AvgIpc) is 3.27. The van der Waals surface area contributed by atoms with Crippen LogP contribution < -0.4 is 10.6 Å². The van der Waals surface area contributed by atoms with Gasteiger partial charge in [0.1, 0.15) is 23.5 Å². The molecule has 254 valence electrons. The molecule has 0 radical (unpaired) electrons. The number of carboxylic acid groups (broad SMARTS) is 1. The van der Waals surface area contributed by atoms with Crippen LogP contribution in [-0.4, -0.2) is 87.6 Å². The number of aliphatic carboxylic acids is 1. The largest absolute Gasteiger partial charge is 0.480 e. The van der Waals surface area contributed by atoms with E-state index in [1.165, 1.54) is 18.7 Å². The number of carbonyl (C=O) groups excluding carboxylic acids is 6. The maximum absolute atomic E-state index is 13.8. The van der Waals surface area contributed by atoms with Gasteiger partial charge in [0, 0.05) is 30.6 Å². The molecule has 0 aromatic heterocycles. The van der Waals surface area contributed by atoms with E-state index in [0.717, 1.165) is 5.57 Å². The Morgan fingerprint density at radius 2 is 1.78 bits per heavy atom. The predicted molar refractivity (Wildman–Crippen MR) is 167 cm³/mol. The van der Waals surface area contributed by atoms with Gasteiger partial charge in [-0.25, -0.2) is 4.79 Å². The third-order valence-corrected chi connectivity index (χ3v) is 11.8. The van der Waals surface area contributed by atoms with Crippen molar-refractivity contribution in [3.63, 3.8) is 0 Å². The smallest absolute Gasteiger partial charge is 0.326 e. The maximum atomic E-state index is 13.8. The molecule has 0 spiro atoms. The van der Waals surface area contributed by atoms with Crippen LogP contribution in [-0.2, 0) is 38.3 Å². The molecule has 0 aromatic carbocycles. The number of allylic oxidation sites excluding steroid dienone is 1. The molecular weight excluding hydrogens is 616 g/mol. The minimum Gasteiger partial charge on any atom is -0.480 e. The Morgan fingerprint density at radius 1 is 1.07 bits per heavy atom. The summed E-state index contributed by atoms with van der Waals surface area (Å²) in [5.41, 5.74) is -2.21. The number of ether oxygens (including phenoxy) is 1. The molecule has 2 amide bonds. The number of rotatable bonds is 13. The average molecular weight is 663 g/mol. The van der Waals surface area contributed by atoms with Gasteiger partial charge in [0.2, 0.25) is 17.6 Å². The van der Waals surface area contributed by atoms with Gasteiger partial charge >= 0.3 is 11.9 Å². The molecule has 0 aromatic rings. The van der Waals surface area contributed by atoms with Gasteiger partial charge in [-0.2, -0.15) is 11.8 Å². The highest BCUT2D eigenvalue weighted by Crippen LogP contribution is 2.66. The molecule has 4 N–H and O–H groups in total. The summed E-state index contributed by atoms with van der Waals surface area (Å²) in [6, 6.07) is -2.13. The van der Waals surface area contributed by atoms with Crippen molar-refractivity contribution in [3.05, 3.63) is 11.6 Å². The highest BCUT2D eigenvalue weighted by Gasteiger charge is 2.68. The highest BCUT2D eigenvalue weighted by molar-refractivity contribution is 7.98. The van der Waals surface area contributed by atoms with Crippen LogP contribution >= 0.6 is 11.8 Å². The lowest BCUT2D eigenvalue weighted by Gasteiger charge is -2.57. The zero-order valence-corrected chi connectivity index (χ0v) is 27.8. The normalized spacial score (nSPS) is 33.0. The van der Waals surface area contributed by atoms with Gasteiger partial charge < -0.3 is 25.6 Å². The van der Waals surface area contributed by atoms with E-state index in [9.17, 15) is 43.8 Å². The number of hydrogen-bond acceptors (Lipinski definition) is 10. The number of hydrogen-bond donors (Lipinski definition) is 4. The molecule has 8 atom stereocenters. The maximum Gasteiger partial charge on any atom is 0.326 e. The van der Waals surface area contributed by atoms with Crippen molar-refractivity contribution in [1.29, 1.82) is 0 Å². The Kier molecular flexibility index (Phi) is 10.9. The highest BCUT2D eigenvalue weighted by atomic mass is 32.2. The van der Waals surface area contributed by atoms with Crippen molar-refractivity contribution < 1.29 is 48.5 Å². The van der Waals surface area contributed by atoms with Crippen molar-refractivity contribution in [1.82, 2.24) is 10.6 Å². The Morgan fingerprint density at radius 3 is 2.46 bits per heavy atom. The molecule has 4 rings (SSSR count). The van der Waals surface area contributed by atoms with Gasteiger partial charge in [-0.15, -0.1) is 0 Å². The minimum absolute atomic E-state index is 0.00341. The summed E-state index contributed by atoms with van der Waals surface area (Å²) in [4.78, 5) is 87.8. The number of nitrogens with one attached hydrogen (secondary N) is 2. The van der Waals surface area contributed by atoms with Gasteiger partial charge in [-0.1, -0.05) is 19.4 Å². The molecule has 4 aliphatic rings. The number of ketones is 3. The van der Waals surface area contributed by atoms with Crippen molar-refractivity contribution in [2.24, 2.45) is 28.6 Å². The van der Waals surface area contributed by atoms with E-state index in [2.05, 4.69) is 17.6 Å². The number of amides is 2. The second-order valence-electron chi connectivity index (χ2n) is 13.9. The standard InChI is InChI=1S/C33H46N2O10S/c1-18(29(41)35-23(30(42)43)11-14-46-4)34-26(39)7-8-27(40)45-17-25(38)33(44)13-10-22-21-6-5-19-15-20(36)9-12-31(19,2)28(21)24(37)16-32(22,33)3/h15,18,21-23,28,44H,5-14,16-17H2,1-4H3,(H,34,39)(H,35,41)(H,42,43)/t18-,21-,22+,23-,28+,31+,32+,33+/m1/s1. The molecule has 3 fully saturated rings. The van der Waals surface area contributed by atoms with Crippen LogP contribution in [0.25, 0.3) is 0 Å². The first-order valence-corrected chi connectivity index (χ1v) is 17.5. The molecule has 3 saturated carbocycles. The first-order valence-electron chi connectivity index (χ1n) is 16.1. The van der Waals surface area contributed by atoms with Crippen LogP contribution in [0.4, 0.5) is 0 Å². The third-order valence-electron chi connectivity index (χ3n) is 11.2. The number of carboxylic acids is 1. The number of Topliss-reactive ketones (excluding diaryl/α,β-unsaturated/α-hetero) is 2. The van der Waals surface area contributed by atoms with Crippen molar-refractivity contribution >= 4 is 52.9 Å². The molecule has 12 nitrogen and oxygen atoms in total. The van der Waals surface area contributed by atoms with E-state index >= 15 is 0 Å². The number of aliphatic hydroxyl groups is 1. The Labute approximate surface area is 273 Å². The van der Waals surface area contributed by atoms with E-state index in [4.69, 9.17) is 4.74 Å². The first-order chi connectivity index (χ1) is 21.6. The zero-order valence-electron chi connectivity index (χ0n) is 27.0. The van der Waals surface area contributed by atoms with E-state index in [1.54, 1.807) is 13.0 Å². The molecule has 4 aliphatic carbocycles. The van der Waals surface area contributed by atoms with Gasteiger partial charge in [0.15, 0.2) is 12.4 Å². The van der Waals surface area contributed by atoms with Crippen LogP contribution in [0.15, 0.2) is 11.6 Å². The molecule has 13 heteroatoms. The number of carbonyl (C=O) groups is 7.